The third-order valence-corrected chi connectivity index (χ3v) is 11.0. The second-order valence-corrected chi connectivity index (χ2v) is 17.2. The Kier molecular flexibility index (Phi) is 43.7. The molecule has 0 rings (SSSR count). The van der Waals surface area contributed by atoms with Gasteiger partial charge >= 0.3 is 0 Å². The van der Waals surface area contributed by atoms with Gasteiger partial charge in [0.2, 0.25) is 23.6 Å². The lowest BCUT2D eigenvalue weighted by molar-refractivity contribution is -0.123. The van der Waals surface area contributed by atoms with Crippen LogP contribution in [0, 0.1) is 0 Å². The van der Waals surface area contributed by atoms with E-state index in [1.165, 1.54) is 128 Å². The number of hydrogen-bond donors (Lipinski definition) is 4. The molecular weight excluding hydrogens is 749 g/mol. The van der Waals surface area contributed by atoms with Crippen LogP contribution >= 0.6 is 0 Å². The summed E-state index contributed by atoms with van der Waals surface area (Å²) in [7, 11) is 4.02. The number of allylic oxidation sites excluding steroid dienone is 4. The maximum atomic E-state index is 12.5. The van der Waals surface area contributed by atoms with E-state index in [1.54, 1.807) is 0 Å². The maximum absolute atomic E-state index is 12.5. The van der Waals surface area contributed by atoms with Gasteiger partial charge in [0.25, 0.3) is 0 Å². The van der Waals surface area contributed by atoms with Crippen molar-refractivity contribution in [3.63, 3.8) is 0 Å². The quantitative estimate of drug-likeness (QED) is 0.0358. The standard InChI is InChI=1S/C50H96N6O4/c1-5-7-9-11-13-15-17-19-21-23-25-27-29-31-33-35-47(57)51-39-41-53-49(59)37-43-56(46-45-55(3)4)44-38-50(60)54-42-40-52-48(58)36-34-32-30-28-26-24-22-20-18-16-14-12-10-8-6-2/h19-22H,5-18,23-46H2,1-4H3,(H,51,57)(H,52,58)(H,53,59)(H,54,60). The van der Waals surface area contributed by atoms with Crippen LogP contribution in [0.5, 0.6) is 0 Å². The summed E-state index contributed by atoms with van der Waals surface area (Å²) < 4.78 is 0. The van der Waals surface area contributed by atoms with Gasteiger partial charge in [-0.15, -0.1) is 0 Å². The predicted octanol–water partition coefficient (Wildman–Crippen LogP) is 10.2. The number of nitrogens with zero attached hydrogens (tertiary/aromatic N) is 2. The van der Waals surface area contributed by atoms with Gasteiger partial charge in [0, 0.05) is 78.0 Å². The Morgan fingerprint density at radius 1 is 0.350 bits per heavy atom. The number of amides is 4. The summed E-state index contributed by atoms with van der Waals surface area (Å²) in [5.41, 5.74) is 0. The fourth-order valence-electron chi connectivity index (χ4n) is 7.07. The van der Waals surface area contributed by atoms with Crippen LogP contribution in [0.1, 0.15) is 206 Å². The summed E-state index contributed by atoms with van der Waals surface area (Å²) in [6.45, 7) is 8.89. The van der Waals surface area contributed by atoms with E-state index in [9.17, 15) is 19.2 Å². The van der Waals surface area contributed by atoms with Gasteiger partial charge in [-0.3, -0.25) is 19.2 Å². The molecule has 0 atom stereocenters. The molecule has 0 aromatic heterocycles. The third kappa shape index (κ3) is 44.8. The molecular formula is C50H96N6O4. The molecule has 0 bridgehead atoms. The lowest BCUT2D eigenvalue weighted by Crippen LogP contribution is -2.40. The summed E-state index contributed by atoms with van der Waals surface area (Å²) in [5, 5.41) is 11.7. The van der Waals surface area contributed by atoms with E-state index in [0.717, 1.165) is 51.6 Å². The lowest BCUT2D eigenvalue weighted by Gasteiger charge is -2.23. The first-order valence-corrected chi connectivity index (χ1v) is 25.0. The van der Waals surface area contributed by atoms with E-state index in [1.807, 2.05) is 14.1 Å². The average molecular weight is 845 g/mol. The Morgan fingerprint density at radius 3 is 0.950 bits per heavy atom. The summed E-state index contributed by atoms with van der Waals surface area (Å²) in [6.07, 6.45) is 43.3. The molecule has 0 radical (unpaired) electrons. The molecule has 0 aliphatic rings. The summed E-state index contributed by atoms with van der Waals surface area (Å²) in [5.74, 6) is -0.0195. The highest BCUT2D eigenvalue weighted by Crippen LogP contribution is 2.12. The van der Waals surface area contributed by atoms with E-state index < -0.39 is 0 Å². The van der Waals surface area contributed by atoms with Gasteiger partial charge in [-0.05, 0) is 78.3 Å². The average Bonchev–Trinajstić information content (AvgIpc) is 3.23. The zero-order valence-corrected chi connectivity index (χ0v) is 39.7. The first-order chi connectivity index (χ1) is 29.3. The number of likely N-dealkylation sites (N-methyl/N-ethyl adjacent to an activating group) is 1. The first-order valence-electron chi connectivity index (χ1n) is 25.0. The van der Waals surface area contributed by atoms with Crippen molar-refractivity contribution in [3.05, 3.63) is 24.3 Å². The predicted molar refractivity (Wildman–Crippen MR) is 255 cm³/mol. The molecule has 10 heteroatoms. The Bertz CT molecular complexity index is 989. The highest BCUT2D eigenvalue weighted by molar-refractivity contribution is 5.78. The molecule has 4 amide bonds. The second kappa shape index (κ2) is 45.8. The van der Waals surface area contributed by atoms with E-state index in [2.05, 4.69) is 69.2 Å². The van der Waals surface area contributed by atoms with Crippen molar-refractivity contribution < 1.29 is 19.2 Å². The Morgan fingerprint density at radius 2 is 0.633 bits per heavy atom. The maximum Gasteiger partial charge on any atom is 0.221 e. The number of carbonyl (C=O) groups is 4. The van der Waals surface area contributed by atoms with Crippen molar-refractivity contribution in [2.45, 2.75) is 206 Å². The van der Waals surface area contributed by atoms with Crippen molar-refractivity contribution >= 4 is 23.6 Å². The van der Waals surface area contributed by atoms with Crippen molar-refractivity contribution in [1.82, 2.24) is 31.1 Å². The van der Waals surface area contributed by atoms with Crippen LogP contribution in [-0.2, 0) is 19.2 Å². The van der Waals surface area contributed by atoms with Crippen LogP contribution in [0.2, 0.25) is 0 Å². The molecule has 0 unspecified atom stereocenters. The lowest BCUT2D eigenvalue weighted by atomic mass is 10.1. The van der Waals surface area contributed by atoms with Crippen LogP contribution in [0.3, 0.4) is 0 Å². The molecule has 0 heterocycles. The molecule has 0 aromatic carbocycles. The molecule has 0 aliphatic heterocycles. The van der Waals surface area contributed by atoms with E-state index >= 15 is 0 Å². The number of nitrogens with one attached hydrogen (secondary N) is 4. The number of hydrogen-bond acceptors (Lipinski definition) is 6. The van der Waals surface area contributed by atoms with Crippen LogP contribution in [-0.4, -0.2) is 99.9 Å². The first kappa shape index (κ1) is 57.3. The second-order valence-electron chi connectivity index (χ2n) is 17.2. The number of unbranched alkanes of at least 4 members (excludes halogenated alkanes) is 22. The van der Waals surface area contributed by atoms with Crippen LogP contribution in [0.25, 0.3) is 0 Å². The largest absolute Gasteiger partial charge is 0.354 e. The molecule has 0 aromatic rings. The van der Waals surface area contributed by atoms with Gasteiger partial charge in [0.15, 0.2) is 0 Å². The minimum Gasteiger partial charge on any atom is -0.354 e. The van der Waals surface area contributed by atoms with Gasteiger partial charge in [0.1, 0.15) is 0 Å². The molecule has 4 N–H and O–H groups in total. The van der Waals surface area contributed by atoms with E-state index in [-0.39, 0.29) is 23.6 Å². The van der Waals surface area contributed by atoms with Crippen LogP contribution in [0.15, 0.2) is 24.3 Å². The van der Waals surface area contributed by atoms with E-state index in [4.69, 9.17) is 0 Å². The highest BCUT2D eigenvalue weighted by Gasteiger charge is 2.12. The molecule has 10 nitrogen and oxygen atoms in total. The topological polar surface area (TPSA) is 123 Å². The SMILES string of the molecule is CCCCCCCCC=CCCCCCCCC(=O)NCCNC(=O)CCN(CCC(=O)NCCNC(=O)CCCCCCCC=CCCCCCCCC)CCN(C)C. The zero-order valence-electron chi connectivity index (χ0n) is 39.7. The fourth-order valence-corrected chi connectivity index (χ4v) is 7.07. The molecule has 0 saturated carbocycles. The summed E-state index contributed by atoms with van der Waals surface area (Å²) in [4.78, 5) is 53.8. The monoisotopic (exact) mass is 845 g/mol. The molecule has 60 heavy (non-hydrogen) atoms. The number of rotatable bonds is 45. The minimum atomic E-state index is -0.0571. The van der Waals surface area contributed by atoms with Gasteiger partial charge < -0.3 is 31.1 Å². The summed E-state index contributed by atoms with van der Waals surface area (Å²) >= 11 is 0. The Balaban J connectivity index is 3.89. The van der Waals surface area contributed by atoms with Gasteiger partial charge in [-0.25, -0.2) is 0 Å². The van der Waals surface area contributed by atoms with Crippen molar-refractivity contribution in [1.29, 1.82) is 0 Å². The van der Waals surface area contributed by atoms with Crippen LogP contribution in [0.4, 0.5) is 0 Å². The molecule has 0 saturated heterocycles. The molecule has 0 aliphatic carbocycles. The zero-order chi connectivity index (χ0) is 44.0. The van der Waals surface area contributed by atoms with Crippen molar-refractivity contribution in [3.8, 4) is 0 Å². The van der Waals surface area contributed by atoms with E-state index in [0.29, 0.717) is 65.0 Å². The molecule has 0 spiro atoms. The van der Waals surface area contributed by atoms with Gasteiger partial charge in [-0.2, -0.15) is 0 Å². The van der Waals surface area contributed by atoms with Crippen molar-refractivity contribution in [2.75, 3.05) is 66.5 Å². The third-order valence-electron chi connectivity index (χ3n) is 11.0. The number of carbonyl (C=O) groups excluding carboxylic acids is 4. The smallest absolute Gasteiger partial charge is 0.221 e. The summed E-state index contributed by atoms with van der Waals surface area (Å²) in [6, 6.07) is 0. The van der Waals surface area contributed by atoms with Gasteiger partial charge in [0.05, 0.1) is 0 Å². The van der Waals surface area contributed by atoms with Gasteiger partial charge in [-0.1, -0.05) is 141 Å². The van der Waals surface area contributed by atoms with Crippen molar-refractivity contribution in [2.24, 2.45) is 0 Å². The molecule has 350 valence electrons. The molecule has 0 fully saturated rings. The Labute approximate surface area is 370 Å². The normalized spacial score (nSPS) is 11.6. The Hall–Kier alpha value is -2.72. The van der Waals surface area contributed by atoms with Crippen LogP contribution < -0.4 is 21.3 Å². The minimum absolute atomic E-state index is 0.0473. The fraction of sp³-hybridized carbons (Fsp3) is 0.840. The highest BCUT2D eigenvalue weighted by atomic mass is 16.2.